The summed E-state index contributed by atoms with van der Waals surface area (Å²) in [5.41, 5.74) is 0. The number of likely N-dealkylation sites (tertiary alicyclic amines) is 1. The molecule has 0 aliphatic carbocycles. The number of alkyl halides is 3. The zero-order valence-electron chi connectivity index (χ0n) is 14.0. The molecule has 2 aliphatic heterocycles. The molecule has 1 aromatic carbocycles. The Kier molecular flexibility index (Phi) is 5.57. The normalized spacial score (nSPS) is 24.3. The van der Waals surface area contributed by atoms with Gasteiger partial charge in [-0.15, -0.1) is 0 Å². The van der Waals surface area contributed by atoms with Gasteiger partial charge in [0.2, 0.25) is 5.91 Å². The number of aliphatic hydroxyl groups excluding tert-OH is 1. The number of rotatable bonds is 5. The Balaban J connectivity index is 1.47. The van der Waals surface area contributed by atoms with E-state index < -0.39 is 24.2 Å². The van der Waals surface area contributed by atoms with Crippen molar-refractivity contribution < 1.29 is 32.5 Å². The van der Waals surface area contributed by atoms with Crippen LogP contribution >= 0.6 is 0 Å². The molecule has 1 saturated heterocycles. The largest absolute Gasteiger partial charge is 0.486 e. The van der Waals surface area contributed by atoms with Crippen LogP contribution in [-0.4, -0.2) is 66.6 Å². The lowest BCUT2D eigenvalue weighted by Crippen LogP contribution is -2.50. The van der Waals surface area contributed by atoms with Crippen LogP contribution in [0.1, 0.15) is 12.8 Å². The Bertz CT molecular complexity index is 641. The molecule has 1 aromatic rings. The Labute approximate surface area is 148 Å². The molecule has 9 heteroatoms. The van der Waals surface area contributed by atoms with Gasteiger partial charge in [0.1, 0.15) is 12.7 Å². The number of aliphatic hydroxyl groups is 1. The molecule has 1 amide bonds. The third kappa shape index (κ3) is 4.39. The van der Waals surface area contributed by atoms with Crippen molar-refractivity contribution >= 4 is 5.91 Å². The van der Waals surface area contributed by atoms with Crippen molar-refractivity contribution in [3.63, 3.8) is 0 Å². The Morgan fingerprint density at radius 2 is 2.08 bits per heavy atom. The van der Waals surface area contributed by atoms with Crippen molar-refractivity contribution in [3.05, 3.63) is 24.3 Å². The van der Waals surface area contributed by atoms with Crippen LogP contribution in [-0.2, 0) is 4.79 Å². The van der Waals surface area contributed by atoms with Gasteiger partial charge in [0.05, 0.1) is 13.1 Å². The van der Waals surface area contributed by atoms with Crippen LogP contribution in [0.25, 0.3) is 0 Å². The second kappa shape index (κ2) is 7.71. The summed E-state index contributed by atoms with van der Waals surface area (Å²) in [5, 5.41) is 12.1. The lowest BCUT2D eigenvalue weighted by molar-refractivity contribution is -0.219. The number of nitrogens with zero attached hydrogens (tertiary/aromatic N) is 1. The number of ether oxygens (including phenoxy) is 2. The van der Waals surface area contributed by atoms with E-state index in [1.54, 1.807) is 12.1 Å². The molecule has 3 atom stereocenters. The maximum Gasteiger partial charge on any atom is 0.415 e. The molecule has 3 rings (SSSR count). The summed E-state index contributed by atoms with van der Waals surface area (Å²) in [6.45, 7) is 0.619. The number of nitrogens with one attached hydrogen (secondary N) is 1. The lowest BCUT2D eigenvalue weighted by atomic mass is 10.1. The van der Waals surface area contributed by atoms with Gasteiger partial charge in [0, 0.05) is 6.04 Å². The van der Waals surface area contributed by atoms with Crippen molar-refractivity contribution in [1.29, 1.82) is 0 Å². The van der Waals surface area contributed by atoms with E-state index in [0.29, 0.717) is 24.5 Å². The van der Waals surface area contributed by atoms with E-state index in [-0.39, 0.29) is 32.2 Å². The van der Waals surface area contributed by atoms with E-state index in [2.05, 4.69) is 5.32 Å². The summed E-state index contributed by atoms with van der Waals surface area (Å²) in [5.74, 6) is 0.816. The van der Waals surface area contributed by atoms with Crippen LogP contribution in [0.15, 0.2) is 24.3 Å². The van der Waals surface area contributed by atoms with Crippen LogP contribution in [0.4, 0.5) is 13.2 Å². The molecule has 0 spiro atoms. The molecule has 2 heterocycles. The molecular formula is C17H21F3N2O4. The van der Waals surface area contributed by atoms with Gasteiger partial charge in [-0.2, -0.15) is 13.2 Å². The minimum Gasteiger partial charge on any atom is -0.486 e. The number of carbonyl (C=O) groups is 1. The summed E-state index contributed by atoms with van der Waals surface area (Å²) < 4.78 is 49.4. The first-order valence-electron chi connectivity index (χ1n) is 8.48. The van der Waals surface area contributed by atoms with Gasteiger partial charge >= 0.3 is 6.18 Å². The van der Waals surface area contributed by atoms with Gasteiger partial charge in [0.15, 0.2) is 17.6 Å². The maximum absolute atomic E-state index is 12.7. The first-order chi connectivity index (χ1) is 12.3. The molecule has 0 radical (unpaired) electrons. The summed E-state index contributed by atoms with van der Waals surface area (Å²) in [6, 6.07) is 6.09. The first-order valence-corrected chi connectivity index (χ1v) is 8.48. The van der Waals surface area contributed by atoms with Crippen molar-refractivity contribution in [2.75, 3.05) is 26.2 Å². The number of benzene rings is 1. The molecule has 3 unspecified atom stereocenters. The van der Waals surface area contributed by atoms with Gasteiger partial charge in [-0.25, -0.2) is 0 Å². The molecule has 1 fully saturated rings. The van der Waals surface area contributed by atoms with Crippen molar-refractivity contribution in [2.24, 2.45) is 0 Å². The zero-order valence-corrected chi connectivity index (χ0v) is 14.0. The fraction of sp³-hybridized carbons (Fsp3) is 0.588. The van der Waals surface area contributed by atoms with Gasteiger partial charge in [-0.1, -0.05) is 12.1 Å². The summed E-state index contributed by atoms with van der Waals surface area (Å²) in [7, 11) is 0. The number of carbonyl (C=O) groups excluding carboxylic acids is 1. The van der Waals surface area contributed by atoms with E-state index in [9.17, 15) is 23.1 Å². The predicted octanol–water partition coefficient (Wildman–Crippen LogP) is 1.33. The van der Waals surface area contributed by atoms with Gasteiger partial charge in [-0.05, 0) is 31.5 Å². The van der Waals surface area contributed by atoms with Gasteiger partial charge in [-0.3, -0.25) is 9.69 Å². The third-order valence-corrected chi connectivity index (χ3v) is 4.56. The lowest BCUT2D eigenvalue weighted by Gasteiger charge is -2.30. The highest BCUT2D eigenvalue weighted by Crippen LogP contribution is 2.31. The molecule has 2 aliphatic rings. The topological polar surface area (TPSA) is 71.0 Å². The van der Waals surface area contributed by atoms with Crippen LogP contribution in [0, 0.1) is 0 Å². The Morgan fingerprint density at radius 3 is 2.81 bits per heavy atom. The van der Waals surface area contributed by atoms with E-state index >= 15 is 0 Å². The van der Waals surface area contributed by atoms with E-state index in [1.165, 1.54) is 4.90 Å². The van der Waals surface area contributed by atoms with Crippen LogP contribution in [0.3, 0.4) is 0 Å². The molecular weight excluding hydrogens is 353 g/mol. The predicted molar refractivity (Wildman–Crippen MR) is 86.0 cm³/mol. The van der Waals surface area contributed by atoms with Crippen molar-refractivity contribution in [2.45, 2.75) is 37.3 Å². The van der Waals surface area contributed by atoms with E-state index in [4.69, 9.17) is 9.47 Å². The average molecular weight is 374 g/mol. The van der Waals surface area contributed by atoms with Crippen molar-refractivity contribution in [3.8, 4) is 11.5 Å². The zero-order chi connectivity index (χ0) is 18.7. The SMILES string of the molecule is O=C(CN1CCCC1C(O)C(F)(F)F)NCC1COc2ccccc2O1. The highest BCUT2D eigenvalue weighted by Gasteiger charge is 2.47. The molecule has 2 N–H and O–H groups in total. The molecule has 0 bridgehead atoms. The van der Waals surface area contributed by atoms with E-state index in [0.717, 1.165) is 0 Å². The summed E-state index contributed by atoms with van der Waals surface area (Å²) in [4.78, 5) is 13.5. The highest BCUT2D eigenvalue weighted by atomic mass is 19.4. The fourth-order valence-electron chi connectivity index (χ4n) is 3.26. The van der Waals surface area contributed by atoms with E-state index in [1.807, 2.05) is 12.1 Å². The Morgan fingerprint density at radius 1 is 1.35 bits per heavy atom. The third-order valence-electron chi connectivity index (χ3n) is 4.56. The van der Waals surface area contributed by atoms with Crippen LogP contribution in [0.2, 0.25) is 0 Å². The van der Waals surface area contributed by atoms with Crippen LogP contribution < -0.4 is 14.8 Å². The number of hydrogen-bond acceptors (Lipinski definition) is 5. The van der Waals surface area contributed by atoms with Gasteiger partial charge < -0.3 is 19.9 Å². The monoisotopic (exact) mass is 374 g/mol. The molecule has 144 valence electrons. The number of halogens is 3. The highest BCUT2D eigenvalue weighted by molar-refractivity contribution is 5.78. The second-order valence-corrected chi connectivity index (χ2v) is 6.47. The number of amides is 1. The smallest absolute Gasteiger partial charge is 0.415 e. The second-order valence-electron chi connectivity index (χ2n) is 6.47. The number of para-hydroxylation sites is 2. The maximum atomic E-state index is 12.7. The quantitative estimate of drug-likeness (QED) is 0.814. The molecule has 0 aromatic heterocycles. The Hall–Kier alpha value is -2.00. The summed E-state index contributed by atoms with van der Waals surface area (Å²) in [6.07, 6.45) is -6.77. The molecule has 0 saturated carbocycles. The first kappa shape index (κ1) is 18.8. The minimum absolute atomic E-state index is 0.188. The fourth-order valence-corrected chi connectivity index (χ4v) is 3.26. The van der Waals surface area contributed by atoms with Crippen LogP contribution in [0.5, 0.6) is 11.5 Å². The number of fused-ring (bicyclic) bond motifs is 1. The minimum atomic E-state index is -4.69. The van der Waals surface area contributed by atoms with Crippen molar-refractivity contribution in [1.82, 2.24) is 10.2 Å². The average Bonchev–Trinajstić information content (AvgIpc) is 3.06. The standard InChI is InChI=1S/C17H21F3N2O4/c18-17(19,20)16(24)12-4-3-7-22(12)9-15(23)21-8-11-10-25-13-5-1-2-6-14(13)26-11/h1-2,5-6,11-12,16,24H,3-4,7-10H2,(H,21,23). The number of hydrogen-bond donors (Lipinski definition) is 2. The molecule has 6 nitrogen and oxygen atoms in total. The summed E-state index contributed by atoms with van der Waals surface area (Å²) >= 11 is 0. The molecule has 26 heavy (non-hydrogen) atoms. The van der Waals surface area contributed by atoms with Gasteiger partial charge in [0.25, 0.3) is 0 Å².